The molecule has 1 N–H and O–H groups in total. The van der Waals surface area contributed by atoms with E-state index in [1.807, 2.05) is 24.3 Å². The third kappa shape index (κ3) is 4.22. The number of hydrogen-bond acceptors (Lipinski definition) is 2. The van der Waals surface area contributed by atoms with Crippen LogP contribution in [0.5, 0.6) is 0 Å². The van der Waals surface area contributed by atoms with E-state index < -0.39 is 13.5 Å². The highest BCUT2D eigenvalue weighted by atomic mass is 28.3. The molecule has 0 radical (unpaired) electrons. The van der Waals surface area contributed by atoms with E-state index in [0.29, 0.717) is 12.0 Å². The van der Waals surface area contributed by atoms with Crippen molar-refractivity contribution in [2.75, 3.05) is 0 Å². The number of allylic oxidation sites excluding steroid dienone is 3. The fourth-order valence-electron chi connectivity index (χ4n) is 2.46. The fraction of sp³-hybridized carbons (Fsp3) is 0.316. The van der Waals surface area contributed by atoms with Crippen LogP contribution in [0.15, 0.2) is 54.3 Å². The van der Waals surface area contributed by atoms with Crippen LogP contribution in [0.1, 0.15) is 12.0 Å². The predicted octanol–water partition coefficient (Wildman–Crippen LogP) is 4.07. The van der Waals surface area contributed by atoms with Gasteiger partial charge in [-0.05, 0) is 24.5 Å². The predicted molar refractivity (Wildman–Crippen MR) is 93.2 cm³/mol. The summed E-state index contributed by atoms with van der Waals surface area (Å²) < 4.78 is 0. The lowest BCUT2D eigenvalue weighted by atomic mass is 9.73. The maximum atomic E-state index is 11.8. The average molecular weight is 310 g/mol. The van der Waals surface area contributed by atoms with Crippen LogP contribution >= 0.6 is 0 Å². The van der Waals surface area contributed by atoms with Crippen molar-refractivity contribution in [2.24, 2.45) is 5.41 Å². The molecule has 1 aliphatic rings. The number of aliphatic hydroxyl groups is 1. The first-order chi connectivity index (χ1) is 10.3. The van der Waals surface area contributed by atoms with Crippen LogP contribution in [0.25, 0.3) is 0 Å². The minimum atomic E-state index is -1.52. The standard InChI is InChI=1S/C19H22O2Si/c1-22(2,3)12-11-19(13-16-7-5-4-6-8-16)10-9-18(21)17(14-19)15-20/h4-10,15,20H,13-14H2,1-3H3. The number of rotatable bonds is 2. The Labute approximate surface area is 133 Å². The molecule has 1 unspecified atom stereocenters. The normalized spacial score (nSPS) is 23.2. The second kappa shape index (κ2) is 6.37. The van der Waals surface area contributed by atoms with Crippen molar-refractivity contribution in [1.29, 1.82) is 0 Å². The summed E-state index contributed by atoms with van der Waals surface area (Å²) >= 11 is 0. The fourth-order valence-corrected chi connectivity index (χ4v) is 3.08. The van der Waals surface area contributed by atoms with Gasteiger partial charge in [0.1, 0.15) is 8.07 Å². The van der Waals surface area contributed by atoms with Crippen LogP contribution in [0.2, 0.25) is 19.6 Å². The van der Waals surface area contributed by atoms with Gasteiger partial charge in [0.25, 0.3) is 0 Å². The Balaban J connectivity index is 2.43. The molecule has 22 heavy (non-hydrogen) atoms. The largest absolute Gasteiger partial charge is 0.515 e. The van der Waals surface area contributed by atoms with Crippen LogP contribution in [-0.2, 0) is 11.2 Å². The molecule has 0 bridgehead atoms. The summed E-state index contributed by atoms with van der Waals surface area (Å²) in [4.78, 5) is 11.8. The van der Waals surface area contributed by atoms with Crippen molar-refractivity contribution in [1.82, 2.24) is 0 Å². The van der Waals surface area contributed by atoms with Gasteiger partial charge in [-0.1, -0.05) is 62.0 Å². The molecule has 3 heteroatoms. The molecule has 1 aromatic carbocycles. The van der Waals surface area contributed by atoms with Crippen molar-refractivity contribution < 1.29 is 9.90 Å². The van der Waals surface area contributed by atoms with Gasteiger partial charge < -0.3 is 5.11 Å². The molecule has 2 rings (SSSR count). The summed E-state index contributed by atoms with van der Waals surface area (Å²) in [5.74, 6) is 3.31. The second-order valence-electron chi connectivity index (χ2n) is 6.85. The van der Waals surface area contributed by atoms with Crippen molar-refractivity contribution in [3.63, 3.8) is 0 Å². The van der Waals surface area contributed by atoms with E-state index >= 15 is 0 Å². The van der Waals surface area contributed by atoms with Gasteiger partial charge in [0.2, 0.25) is 0 Å². The van der Waals surface area contributed by atoms with Crippen molar-refractivity contribution in [2.45, 2.75) is 32.5 Å². The van der Waals surface area contributed by atoms with Gasteiger partial charge >= 0.3 is 0 Å². The zero-order valence-electron chi connectivity index (χ0n) is 13.4. The zero-order chi connectivity index (χ0) is 16.2. The molecule has 1 aromatic rings. The lowest BCUT2D eigenvalue weighted by molar-refractivity contribution is -0.112. The van der Waals surface area contributed by atoms with Gasteiger partial charge in [-0.25, -0.2) is 0 Å². The number of carbonyl (C=O) groups excluding carboxylic acids is 1. The van der Waals surface area contributed by atoms with Crippen LogP contribution in [-0.4, -0.2) is 19.0 Å². The quantitative estimate of drug-likeness (QED) is 0.387. The maximum absolute atomic E-state index is 11.8. The topological polar surface area (TPSA) is 37.3 Å². The zero-order valence-corrected chi connectivity index (χ0v) is 14.4. The lowest BCUT2D eigenvalue weighted by Gasteiger charge is -2.29. The second-order valence-corrected chi connectivity index (χ2v) is 11.6. The molecule has 0 spiro atoms. The Hall–Kier alpha value is -2.05. The summed E-state index contributed by atoms with van der Waals surface area (Å²) in [5.41, 5.74) is 4.63. The SMILES string of the molecule is C[Si](C)(C)C#CC1(Cc2ccccc2)C=CC(=O)C(=CO)C1. The molecular formula is C19H22O2Si. The van der Waals surface area contributed by atoms with Gasteiger partial charge in [-0.3, -0.25) is 4.79 Å². The van der Waals surface area contributed by atoms with E-state index in [1.54, 1.807) is 6.08 Å². The first-order valence-electron chi connectivity index (χ1n) is 7.49. The number of carbonyl (C=O) groups is 1. The van der Waals surface area contributed by atoms with Crippen LogP contribution < -0.4 is 0 Å². The van der Waals surface area contributed by atoms with Crippen molar-refractivity contribution in [3.05, 3.63) is 59.9 Å². The van der Waals surface area contributed by atoms with Crippen LogP contribution in [0, 0.1) is 16.9 Å². The van der Waals surface area contributed by atoms with E-state index in [1.165, 1.54) is 5.56 Å². The minimum absolute atomic E-state index is 0.124. The summed E-state index contributed by atoms with van der Waals surface area (Å²) in [7, 11) is -1.52. The summed E-state index contributed by atoms with van der Waals surface area (Å²) in [6.07, 6.45) is 5.61. The highest BCUT2D eigenvalue weighted by Crippen LogP contribution is 2.35. The summed E-state index contributed by atoms with van der Waals surface area (Å²) in [5, 5.41) is 9.33. The van der Waals surface area contributed by atoms with Crippen molar-refractivity contribution >= 4 is 13.9 Å². The molecule has 0 saturated carbocycles. The number of aliphatic hydroxyl groups excluding tert-OH is 1. The Morgan fingerprint density at radius 2 is 1.95 bits per heavy atom. The minimum Gasteiger partial charge on any atom is -0.515 e. The molecule has 1 atom stereocenters. The number of ketones is 1. The average Bonchev–Trinajstić information content (AvgIpc) is 2.48. The molecule has 114 valence electrons. The highest BCUT2D eigenvalue weighted by Gasteiger charge is 2.32. The van der Waals surface area contributed by atoms with E-state index in [9.17, 15) is 9.90 Å². The Bertz CT molecular complexity index is 669. The van der Waals surface area contributed by atoms with E-state index in [4.69, 9.17) is 0 Å². The molecule has 0 saturated heterocycles. The molecule has 1 aliphatic carbocycles. The number of benzene rings is 1. The molecule has 0 fully saturated rings. The van der Waals surface area contributed by atoms with Gasteiger partial charge in [-0.2, -0.15) is 0 Å². The Morgan fingerprint density at radius 3 is 2.55 bits per heavy atom. The Morgan fingerprint density at radius 1 is 1.27 bits per heavy atom. The van der Waals surface area contributed by atoms with E-state index in [-0.39, 0.29) is 5.78 Å². The monoisotopic (exact) mass is 310 g/mol. The van der Waals surface area contributed by atoms with Gasteiger partial charge in [0, 0.05) is 5.57 Å². The smallest absolute Gasteiger partial charge is 0.184 e. The van der Waals surface area contributed by atoms with Gasteiger partial charge in [-0.15, -0.1) is 5.54 Å². The summed E-state index contributed by atoms with van der Waals surface area (Å²) in [6.45, 7) is 6.62. The van der Waals surface area contributed by atoms with Gasteiger partial charge in [0.05, 0.1) is 11.7 Å². The lowest BCUT2D eigenvalue weighted by Crippen LogP contribution is -2.27. The first-order valence-corrected chi connectivity index (χ1v) is 11.0. The Kier molecular flexibility index (Phi) is 4.73. The molecule has 0 heterocycles. The molecule has 0 aliphatic heterocycles. The van der Waals surface area contributed by atoms with E-state index in [2.05, 4.69) is 43.2 Å². The third-order valence-corrected chi connectivity index (χ3v) is 4.46. The van der Waals surface area contributed by atoms with Crippen LogP contribution in [0.3, 0.4) is 0 Å². The van der Waals surface area contributed by atoms with E-state index in [0.717, 1.165) is 12.7 Å². The van der Waals surface area contributed by atoms with Gasteiger partial charge in [0.15, 0.2) is 5.78 Å². The molecule has 2 nitrogen and oxygen atoms in total. The number of hydrogen-bond donors (Lipinski definition) is 1. The summed E-state index contributed by atoms with van der Waals surface area (Å²) in [6, 6.07) is 10.2. The third-order valence-electron chi connectivity index (χ3n) is 3.58. The molecule has 0 aromatic heterocycles. The van der Waals surface area contributed by atoms with Crippen LogP contribution in [0.4, 0.5) is 0 Å². The maximum Gasteiger partial charge on any atom is 0.184 e. The van der Waals surface area contributed by atoms with Crippen molar-refractivity contribution in [3.8, 4) is 11.5 Å². The molecular weight excluding hydrogens is 288 g/mol. The highest BCUT2D eigenvalue weighted by molar-refractivity contribution is 6.83. The first kappa shape index (κ1) is 16.3. The molecule has 0 amide bonds.